The monoisotopic (exact) mass is 385 g/mol. The van der Waals surface area contributed by atoms with Crippen molar-refractivity contribution < 1.29 is 34.8 Å². The van der Waals surface area contributed by atoms with Gasteiger partial charge in [0.15, 0.2) is 0 Å². The maximum absolute atomic E-state index is 10.4. The Kier molecular flexibility index (Phi) is 12.4. The van der Waals surface area contributed by atoms with Crippen LogP contribution >= 0.6 is 0 Å². The minimum Gasteiger partial charge on any atom is -0.480 e. The molecule has 1 aromatic carbocycles. The van der Waals surface area contributed by atoms with Gasteiger partial charge in [-0.2, -0.15) is 0 Å². The van der Waals surface area contributed by atoms with Gasteiger partial charge in [-0.1, -0.05) is 30.3 Å². The molecular formula is C17H27N3O7. The molecule has 1 saturated heterocycles. The third-order valence-corrected chi connectivity index (χ3v) is 3.49. The maximum atomic E-state index is 10.4. The Morgan fingerprint density at radius 3 is 1.89 bits per heavy atom. The molecule has 9 N–H and O–H groups in total. The predicted octanol–water partition coefficient (Wildman–Crippen LogP) is -1.15. The number of benzene rings is 1. The first-order chi connectivity index (χ1) is 12.7. The van der Waals surface area contributed by atoms with Gasteiger partial charge >= 0.3 is 17.9 Å². The number of nitrogens with two attached hydrogens (primary N) is 2. The summed E-state index contributed by atoms with van der Waals surface area (Å²) in [4.78, 5) is 30.2. The van der Waals surface area contributed by atoms with Gasteiger partial charge in [0, 0.05) is 0 Å². The average Bonchev–Trinajstić information content (AvgIpc) is 3.18. The zero-order chi connectivity index (χ0) is 20.8. The highest BCUT2D eigenvalue weighted by Gasteiger charge is 2.20. The second-order valence-corrected chi connectivity index (χ2v) is 5.75. The van der Waals surface area contributed by atoms with Crippen molar-refractivity contribution in [3.63, 3.8) is 0 Å². The lowest BCUT2D eigenvalue weighted by Gasteiger charge is -2.04. The summed E-state index contributed by atoms with van der Waals surface area (Å²) >= 11 is 0. The van der Waals surface area contributed by atoms with E-state index in [1.54, 1.807) is 0 Å². The topological polar surface area (TPSA) is 196 Å². The number of aliphatic carboxylic acids is 3. The van der Waals surface area contributed by atoms with Crippen LogP contribution in [0.3, 0.4) is 0 Å². The molecule has 10 nitrogen and oxygen atoms in total. The molecule has 152 valence electrons. The highest BCUT2D eigenvalue weighted by Crippen LogP contribution is 2.03. The average molecular weight is 385 g/mol. The second-order valence-electron chi connectivity index (χ2n) is 5.75. The zero-order valence-electron chi connectivity index (χ0n) is 14.8. The number of carboxylic acid groups (broad SMARTS) is 3. The van der Waals surface area contributed by atoms with Crippen LogP contribution in [0.5, 0.6) is 0 Å². The fraction of sp³-hybridized carbons (Fsp3) is 0.471. The normalized spacial score (nSPS) is 17.4. The van der Waals surface area contributed by atoms with Crippen LogP contribution < -0.4 is 16.8 Å². The molecule has 0 bridgehead atoms. The van der Waals surface area contributed by atoms with E-state index < -0.39 is 36.6 Å². The SMILES string of the molecule is N[C@@H](CO)C(=O)O.N[C@@H](Cc1ccccc1)C(=O)O.O=C(O)[C@@H]1CCCN1. The summed E-state index contributed by atoms with van der Waals surface area (Å²) in [6, 6.07) is 7.15. The quantitative estimate of drug-likeness (QED) is 0.314. The molecule has 2 rings (SSSR count). The molecule has 0 spiro atoms. The third-order valence-electron chi connectivity index (χ3n) is 3.49. The minimum atomic E-state index is -1.18. The minimum absolute atomic E-state index is 0.269. The van der Waals surface area contributed by atoms with Crippen LogP contribution in [0.25, 0.3) is 0 Å². The number of aliphatic hydroxyl groups excluding tert-OH is 1. The Bertz CT molecular complexity index is 577. The predicted molar refractivity (Wildman–Crippen MR) is 97.1 cm³/mol. The van der Waals surface area contributed by atoms with Gasteiger partial charge in [-0.25, -0.2) is 0 Å². The van der Waals surface area contributed by atoms with Crippen molar-refractivity contribution in [2.24, 2.45) is 11.5 Å². The zero-order valence-corrected chi connectivity index (χ0v) is 14.8. The Morgan fingerprint density at radius 1 is 1.04 bits per heavy atom. The molecule has 0 amide bonds. The van der Waals surface area contributed by atoms with Crippen molar-refractivity contribution in [1.29, 1.82) is 0 Å². The first-order valence-corrected chi connectivity index (χ1v) is 8.26. The van der Waals surface area contributed by atoms with Crippen molar-refractivity contribution in [1.82, 2.24) is 5.32 Å². The van der Waals surface area contributed by atoms with Crippen molar-refractivity contribution in [2.45, 2.75) is 37.4 Å². The third kappa shape index (κ3) is 11.7. The number of carboxylic acids is 3. The lowest BCUT2D eigenvalue weighted by Crippen LogP contribution is -2.33. The molecule has 1 aliphatic heterocycles. The van der Waals surface area contributed by atoms with Crippen LogP contribution in [0.2, 0.25) is 0 Å². The van der Waals surface area contributed by atoms with Gasteiger partial charge in [0.25, 0.3) is 0 Å². The molecule has 0 aliphatic carbocycles. The van der Waals surface area contributed by atoms with E-state index >= 15 is 0 Å². The standard InChI is InChI=1S/C9H11NO2.C5H9NO2.C3H7NO3/c10-8(9(11)12)6-7-4-2-1-3-5-7;7-5(8)4-2-1-3-6-4;4-2(1-5)3(6)7/h1-5,8H,6,10H2,(H,11,12);4,6H,1-3H2,(H,7,8);2,5H,1,4H2,(H,6,7)/t8-;4-;2-/m000/s1. The Hall–Kier alpha value is -2.53. The lowest BCUT2D eigenvalue weighted by atomic mass is 10.1. The molecule has 1 aromatic rings. The molecule has 10 heteroatoms. The van der Waals surface area contributed by atoms with Gasteiger partial charge < -0.3 is 37.2 Å². The summed E-state index contributed by atoms with van der Waals surface area (Å²) in [7, 11) is 0. The summed E-state index contributed by atoms with van der Waals surface area (Å²) in [6.45, 7) is 0.353. The van der Waals surface area contributed by atoms with Gasteiger partial charge in [0.05, 0.1) is 6.61 Å². The lowest BCUT2D eigenvalue weighted by molar-refractivity contribution is -0.140. The summed E-state index contributed by atoms with van der Waals surface area (Å²) in [5, 5.41) is 35.6. The Morgan fingerprint density at radius 2 is 1.59 bits per heavy atom. The van der Waals surface area contributed by atoms with Gasteiger partial charge in [-0.05, 0) is 31.4 Å². The highest BCUT2D eigenvalue weighted by molar-refractivity contribution is 5.74. The van der Waals surface area contributed by atoms with Crippen LogP contribution in [-0.2, 0) is 20.8 Å². The fourth-order valence-electron chi connectivity index (χ4n) is 1.93. The molecule has 0 unspecified atom stereocenters. The van der Waals surface area contributed by atoms with E-state index in [1.165, 1.54) is 0 Å². The highest BCUT2D eigenvalue weighted by atomic mass is 16.4. The first kappa shape index (κ1) is 24.5. The largest absolute Gasteiger partial charge is 0.480 e. The van der Waals surface area contributed by atoms with Gasteiger partial charge in [0.2, 0.25) is 0 Å². The molecular weight excluding hydrogens is 358 g/mol. The number of rotatable bonds is 6. The molecule has 1 aliphatic rings. The maximum Gasteiger partial charge on any atom is 0.322 e. The van der Waals surface area contributed by atoms with Crippen LogP contribution in [0.1, 0.15) is 18.4 Å². The first-order valence-electron chi connectivity index (χ1n) is 8.26. The molecule has 1 fully saturated rings. The van der Waals surface area contributed by atoms with Crippen molar-refractivity contribution in [3.8, 4) is 0 Å². The van der Waals surface area contributed by atoms with E-state index in [2.05, 4.69) is 5.32 Å². The Labute approximate surface area is 156 Å². The van der Waals surface area contributed by atoms with Crippen LogP contribution in [0, 0.1) is 0 Å². The number of carbonyl (C=O) groups is 3. The number of nitrogens with one attached hydrogen (secondary N) is 1. The second kappa shape index (κ2) is 13.6. The Balaban J connectivity index is 0.000000395. The van der Waals surface area contributed by atoms with Crippen LogP contribution in [-0.4, -0.2) is 69.6 Å². The summed E-state index contributed by atoms with van der Waals surface area (Å²) < 4.78 is 0. The van der Waals surface area contributed by atoms with Gasteiger partial charge in [-0.15, -0.1) is 0 Å². The van der Waals surface area contributed by atoms with E-state index in [0.717, 1.165) is 24.9 Å². The van der Waals surface area contributed by atoms with E-state index in [9.17, 15) is 14.4 Å². The molecule has 1 heterocycles. The number of hydrogen-bond donors (Lipinski definition) is 7. The molecule has 0 radical (unpaired) electrons. The summed E-state index contributed by atoms with van der Waals surface area (Å²) in [5.41, 5.74) is 11.1. The summed E-state index contributed by atoms with van der Waals surface area (Å²) in [5.74, 6) is -2.86. The molecule has 0 aromatic heterocycles. The van der Waals surface area contributed by atoms with E-state index in [4.69, 9.17) is 31.9 Å². The number of aliphatic hydroxyl groups is 1. The van der Waals surface area contributed by atoms with E-state index in [1.807, 2.05) is 30.3 Å². The van der Waals surface area contributed by atoms with Crippen LogP contribution in [0.4, 0.5) is 0 Å². The van der Waals surface area contributed by atoms with E-state index in [0.29, 0.717) is 6.42 Å². The van der Waals surface area contributed by atoms with Crippen molar-refractivity contribution >= 4 is 17.9 Å². The fourth-order valence-corrected chi connectivity index (χ4v) is 1.93. The van der Waals surface area contributed by atoms with Crippen molar-refractivity contribution in [3.05, 3.63) is 35.9 Å². The van der Waals surface area contributed by atoms with Crippen molar-refractivity contribution in [2.75, 3.05) is 13.2 Å². The number of hydrogen-bond acceptors (Lipinski definition) is 7. The van der Waals surface area contributed by atoms with Gasteiger partial charge in [-0.3, -0.25) is 14.4 Å². The smallest absolute Gasteiger partial charge is 0.322 e. The van der Waals surface area contributed by atoms with Crippen LogP contribution in [0.15, 0.2) is 30.3 Å². The molecule has 0 saturated carbocycles. The molecule has 3 atom stereocenters. The van der Waals surface area contributed by atoms with Gasteiger partial charge in [0.1, 0.15) is 18.1 Å². The summed E-state index contributed by atoms with van der Waals surface area (Å²) in [6.07, 6.45) is 2.17. The van der Waals surface area contributed by atoms with E-state index in [-0.39, 0.29) is 6.04 Å². The molecule has 27 heavy (non-hydrogen) atoms.